The monoisotopic (exact) mass is 286 g/mol. The maximum atomic E-state index is 12.6. The van der Waals surface area contributed by atoms with Crippen LogP contribution in [0.25, 0.3) is 0 Å². The number of aromatic nitrogens is 1. The summed E-state index contributed by atoms with van der Waals surface area (Å²) in [6.45, 7) is 8.55. The first-order valence-electron chi connectivity index (χ1n) is 7.63. The van der Waals surface area contributed by atoms with Gasteiger partial charge in [0, 0.05) is 44.5 Å². The fourth-order valence-electron chi connectivity index (χ4n) is 3.08. The zero-order valence-electron chi connectivity index (χ0n) is 12.4. The van der Waals surface area contributed by atoms with Gasteiger partial charge in [-0.3, -0.25) is 0 Å². The molecule has 112 valence electrons. The standard InChI is InChI=1S/C16H22N4O/c1-2-8-18-11-12-20(16(21)19-9-3-4-10-19)13-14-6-5-7-17-15(14)18/h2,5-7H,1,3-4,8-13H2. The molecule has 5 nitrogen and oxygen atoms in total. The number of amides is 2. The van der Waals surface area contributed by atoms with E-state index >= 15 is 0 Å². The quantitative estimate of drug-likeness (QED) is 0.782. The zero-order chi connectivity index (χ0) is 14.7. The summed E-state index contributed by atoms with van der Waals surface area (Å²) in [6.07, 6.45) is 5.95. The van der Waals surface area contributed by atoms with E-state index in [9.17, 15) is 4.79 Å². The Balaban J connectivity index is 1.81. The molecule has 0 radical (unpaired) electrons. The molecule has 0 N–H and O–H groups in total. The van der Waals surface area contributed by atoms with Crippen LogP contribution in [0.15, 0.2) is 31.0 Å². The van der Waals surface area contributed by atoms with Crippen molar-refractivity contribution < 1.29 is 4.79 Å². The highest BCUT2D eigenvalue weighted by atomic mass is 16.2. The molecule has 0 aliphatic carbocycles. The lowest BCUT2D eigenvalue weighted by molar-refractivity contribution is 0.162. The van der Waals surface area contributed by atoms with E-state index in [2.05, 4.69) is 22.5 Å². The van der Waals surface area contributed by atoms with Crippen LogP contribution in [0.4, 0.5) is 10.6 Å². The van der Waals surface area contributed by atoms with Gasteiger partial charge in [0.05, 0.1) is 6.54 Å². The number of pyridine rings is 1. The van der Waals surface area contributed by atoms with Gasteiger partial charge in [-0.05, 0) is 18.9 Å². The summed E-state index contributed by atoms with van der Waals surface area (Å²) in [6, 6.07) is 4.17. The van der Waals surface area contributed by atoms with E-state index in [4.69, 9.17) is 0 Å². The van der Waals surface area contributed by atoms with Crippen LogP contribution in [-0.2, 0) is 6.54 Å². The molecule has 3 heterocycles. The molecule has 3 rings (SSSR count). The van der Waals surface area contributed by atoms with Crippen LogP contribution in [0, 0.1) is 0 Å². The van der Waals surface area contributed by atoms with Crippen molar-refractivity contribution in [1.29, 1.82) is 0 Å². The number of fused-ring (bicyclic) bond motifs is 1. The van der Waals surface area contributed by atoms with Gasteiger partial charge in [-0.15, -0.1) is 6.58 Å². The van der Waals surface area contributed by atoms with Crippen molar-refractivity contribution in [2.24, 2.45) is 0 Å². The van der Waals surface area contributed by atoms with Crippen LogP contribution in [0.3, 0.4) is 0 Å². The van der Waals surface area contributed by atoms with Gasteiger partial charge in [0.2, 0.25) is 0 Å². The minimum atomic E-state index is 0.169. The van der Waals surface area contributed by atoms with Crippen LogP contribution in [0.5, 0.6) is 0 Å². The summed E-state index contributed by atoms with van der Waals surface area (Å²) in [5.41, 5.74) is 1.12. The smallest absolute Gasteiger partial charge is 0.320 e. The van der Waals surface area contributed by atoms with Gasteiger partial charge < -0.3 is 14.7 Å². The molecule has 1 fully saturated rings. The van der Waals surface area contributed by atoms with Crippen LogP contribution >= 0.6 is 0 Å². The first-order valence-corrected chi connectivity index (χ1v) is 7.63. The fourth-order valence-corrected chi connectivity index (χ4v) is 3.08. The highest BCUT2D eigenvalue weighted by Gasteiger charge is 2.27. The van der Waals surface area contributed by atoms with Crippen LogP contribution in [0.1, 0.15) is 18.4 Å². The van der Waals surface area contributed by atoms with Crippen molar-refractivity contribution >= 4 is 11.8 Å². The number of nitrogens with zero attached hydrogens (tertiary/aromatic N) is 4. The molecule has 5 heteroatoms. The molecule has 1 aromatic heterocycles. The van der Waals surface area contributed by atoms with Gasteiger partial charge in [0.15, 0.2) is 0 Å². The second-order valence-electron chi connectivity index (χ2n) is 5.62. The molecular formula is C16H22N4O. The minimum Gasteiger partial charge on any atom is -0.351 e. The van der Waals surface area contributed by atoms with Gasteiger partial charge in [0.25, 0.3) is 0 Å². The Kier molecular flexibility index (Phi) is 4.08. The number of hydrogen-bond donors (Lipinski definition) is 0. The van der Waals surface area contributed by atoms with E-state index in [1.54, 1.807) is 0 Å². The van der Waals surface area contributed by atoms with Gasteiger partial charge >= 0.3 is 6.03 Å². The Labute approximate surface area is 125 Å². The molecule has 1 aromatic rings. The average Bonchev–Trinajstić information content (AvgIpc) is 2.98. The Bertz CT molecular complexity index is 525. The van der Waals surface area contributed by atoms with E-state index in [0.29, 0.717) is 6.54 Å². The number of hydrogen-bond acceptors (Lipinski definition) is 3. The Morgan fingerprint density at radius 2 is 2.05 bits per heavy atom. The summed E-state index contributed by atoms with van der Waals surface area (Å²) >= 11 is 0. The highest BCUT2D eigenvalue weighted by molar-refractivity contribution is 5.75. The number of likely N-dealkylation sites (tertiary alicyclic amines) is 1. The SMILES string of the molecule is C=CCN1CCN(C(=O)N2CCCC2)Cc2cccnc21. The third-order valence-electron chi connectivity index (χ3n) is 4.16. The normalized spacial score (nSPS) is 18.4. The van der Waals surface area contributed by atoms with Gasteiger partial charge in [0.1, 0.15) is 5.82 Å². The van der Waals surface area contributed by atoms with Crippen molar-refractivity contribution in [2.75, 3.05) is 37.6 Å². The van der Waals surface area contributed by atoms with E-state index in [0.717, 1.165) is 56.9 Å². The molecule has 21 heavy (non-hydrogen) atoms. The molecule has 2 amide bonds. The molecule has 0 bridgehead atoms. The third kappa shape index (κ3) is 2.86. The summed E-state index contributed by atoms with van der Waals surface area (Å²) in [5.74, 6) is 0.981. The Hall–Kier alpha value is -2.04. The highest BCUT2D eigenvalue weighted by Crippen LogP contribution is 2.23. The maximum Gasteiger partial charge on any atom is 0.320 e. The second-order valence-corrected chi connectivity index (χ2v) is 5.62. The lowest BCUT2D eigenvalue weighted by Gasteiger charge is -2.27. The number of anilines is 1. The number of urea groups is 1. The fraction of sp³-hybridized carbons (Fsp3) is 0.500. The lowest BCUT2D eigenvalue weighted by Crippen LogP contribution is -2.43. The number of carbonyl (C=O) groups excluding carboxylic acids is 1. The van der Waals surface area contributed by atoms with Crippen molar-refractivity contribution in [3.05, 3.63) is 36.5 Å². The molecule has 1 saturated heterocycles. The Morgan fingerprint density at radius 1 is 1.24 bits per heavy atom. The van der Waals surface area contributed by atoms with Crippen LogP contribution < -0.4 is 4.90 Å². The number of rotatable bonds is 2. The zero-order valence-corrected chi connectivity index (χ0v) is 12.4. The van der Waals surface area contributed by atoms with Crippen LogP contribution in [-0.4, -0.2) is 53.5 Å². The van der Waals surface area contributed by atoms with E-state index < -0.39 is 0 Å². The predicted molar refractivity (Wildman–Crippen MR) is 83.3 cm³/mol. The summed E-state index contributed by atoms with van der Waals surface area (Å²) in [7, 11) is 0. The largest absolute Gasteiger partial charge is 0.351 e. The molecule has 0 aromatic carbocycles. The van der Waals surface area contributed by atoms with Gasteiger partial charge in [-0.2, -0.15) is 0 Å². The summed E-state index contributed by atoms with van der Waals surface area (Å²) in [5, 5.41) is 0. The molecule has 0 spiro atoms. The van der Waals surface area contributed by atoms with Crippen LogP contribution in [0.2, 0.25) is 0 Å². The lowest BCUT2D eigenvalue weighted by atomic mass is 10.2. The maximum absolute atomic E-state index is 12.6. The Morgan fingerprint density at radius 3 is 2.81 bits per heavy atom. The molecule has 2 aliphatic heterocycles. The van der Waals surface area contributed by atoms with Crippen molar-refractivity contribution in [3.63, 3.8) is 0 Å². The van der Waals surface area contributed by atoms with E-state index in [1.807, 2.05) is 28.1 Å². The first-order chi connectivity index (χ1) is 10.3. The molecular weight excluding hydrogens is 264 g/mol. The first kappa shape index (κ1) is 13.9. The van der Waals surface area contributed by atoms with Crippen molar-refractivity contribution in [1.82, 2.24) is 14.8 Å². The topological polar surface area (TPSA) is 39.7 Å². The van der Waals surface area contributed by atoms with Gasteiger partial charge in [-0.1, -0.05) is 12.1 Å². The second kappa shape index (κ2) is 6.16. The van der Waals surface area contributed by atoms with E-state index in [-0.39, 0.29) is 6.03 Å². The summed E-state index contributed by atoms with van der Waals surface area (Å²) < 4.78 is 0. The predicted octanol–water partition coefficient (Wildman–Crippen LogP) is 2.11. The van der Waals surface area contributed by atoms with E-state index in [1.165, 1.54) is 0 Å². The third-order valence-corrected chi connectivity index (χ3v) is 4.16. The number of carbonyl (C=O) groups is 1. The minimum absolute atomic E-state index is 0.169. The molecule has 0 atom stereocenters. The molecule has 2 aliphatic rings. The summed E-state index contributed by atoms with van der Waals surface area (Å²) in [4.78, 5) is 23.2. The van der Waals surface area contributed by atoms with Crippen molar-refractivity contribution in [3.8, 4) is 0 Å². The van der Waals surface area contributed by atoms with Crippen molar-refractivity contribution in [2.45, 2.75) is 19.4 Å². The van der Waals surface area contributed by atoms with Gasteiger partial charge in [-0.25, -0.2) is 9.78 Å². The molecule has 0 saturated carbocycles. The molecule has 0 unspecified atom stereocenters. The average molecular weight is 286 g/mol.